The van der Waals surface area contributed by atoms with Crippen molar-refractivity contribution in [2.75, 3.05) is 17.7 Å². The molecule has 1 saturated carbocycles. The second-order valence-corrected chi connectivity index (χ2v) is 16.9. The predicted octanol–water partition coefficient (Wildman–Crippen LogP) is 7.29. The number of aryl methyl sites for hydroxylation is 1. The van der Waals surface area contributed by atoms with Gasteiger partial charge in [-0.05, 0) is 37.0 Å². The molecule has 1 amide bonds. The van der Waals surface area contributed by atoms with Crippen LogP contribution in [0.4, 0.5) is 30.5 Å². The number of pyridine rings is 1. The van der Waals surface area contributed by atoms with Gasteiger partial charge in [-0.25, -0.2) is 4.98 Å². The van der Waals surface area contributed by atoms with Crippen LogP contribution in [0.2, 0.25) is 18.1 Å². The molecule has 1 fully saturated rings. The number of fused-ring (bicyclic) bond motifs is 1. The van der Waals surface area contributed by atoms with Gasteiger partial charge < -0.3 is 19.8 Å². The molecule has 4 rings (SSSR count). The molecule has 2 N–H and O–H groups in total. The zero-order valence-electron chi connectivity index (χ0n) is 25.2. The van der Waals surface area contributed by atoms with Gasteiger partial charge in [0.1, 0.15) is 11.6 Å². The minimum Gasteiger partial charge on any atom is -0.496 e. The van der Waals surface area contributed by atoms with Crippen LogP contribution in [-0.2, 0) is 16.3 Å². The Morgan fingerprint density at radius 2 is 1.86 bits per heavy atom. The molecular weight excluding hydrogens is 567 g/mol. The van der Waals surface area contributed by atoms with E-state index in [1.807, 2.05) is 20.8 Å². The second-order valence-electron chi connectivity index (χ2n) is 12.1. The van der Waals surface area contributed by atoms with Crippen LogP contribution in [0.1, 0.15) is 69.0 Å². The number of hydrogen-bond donors (Lipinski definition) is 2. The minimum absolute atomic E-state index is 0.0381. The molecule has 0 saturated heterocycles. The lowest BCUT2D eigenvalue weighted by molar-refractivity contribution is -0.201. The summed E-state index contributed by atoms with van der Waals surface area (Å²) in [5, 5.41) is 10.2. The Hall–Kier alpha value is -3.45. The van der Waals surface area contributed by atoms with Crippen LogP contribution in [0.15, 0.2) is 24.4 Å². The molecular formula is C29H38F3N5O4Si. The number of halogens is 3. The highest BCUT2D eigenvalue weighted by Crippen LogP contribution is 2.49. The summed E-state index contributed by atoms with van der Waals surface area (Å²) in [6, 6.07) is 4.44. The van der Waals surface area contributed by atoms with E-state index in [-0.39, 0.29) is 52.5 Å². The van der Waals surface area contributed by atoms with Crippen molar-refractivity contribution in [1.82, 2.24) is 14.8 Å². The van der Waals surface area contributed by atoms with E-state index in [0.717, 1.165) is 12.8 Å². The van der Waals surface area contributed by atoms with Gasteiger partial charge in [-0.3, -0.25) is 14.3 Å². The number of ketones is 1. The average Bonchev–Trinajstić information content (AvgIpc) is 3.70. The molecule has 0 aliphatic heterocycles. The van der Waals surface area contributed by atoms with Gasteiger partial charge in [0.2, 0.25) is 5.91 Å². The number of benzene rings is 1. The Kier molecular flexibility index (Phi) is 8.49. The van der Waals surface area contributed by atoms with Crippen molar-refractivity contribution in [3.8, 4) is 5.75 Å². The highest BCUT2D eigenvalue weighted by atomic mass is 28.4. The van der Waals surface area contributed by atoms with E-state index in [1.54, 1.807) is 33.1 Å². The number of methoxy groups -OCH3 is 1. The quantitative estimate of drug-likeness (QED) is 0.185. The lowest BCUT2D eigenvalue weighted by atomic mass is 10.0. The van der Waals surface area contributed by atoms with E-state index in [4.69, 9.17) is 9.16 Å². The van der Waals surface area contributed by atoms with Gasteiger partial charge in [0.15, 0.2) is 26.0 Å². The normalized spacial score (nSPS) is 15.0. The summed E-state index contributed by atoms with van der Waals surface area (Å²) in [7, 11) is 0.0911. The number of amides is 1. The Morgan fingerprint density at radius 3 is 2.40 bits per heavy atom. The van der Waals surface area contributed by atoms with Gasteiger partial charge in [0.05, 0.1) is 29.3 Å². The molecule has 1 aromatic carbocycles. The van der Waals surface area contributed by atoms with Gasteiger partial charge in [-0.15, -0.1) is 0 Å². The topological polar surface area (TPSA) is 107 Å². The number of carbonyl (C=O) groups excluding carboxylic acids is 2. The summed E-state index contributed by atoms with van der Waals surface area (Å²) in [6.07, 6.45) is -3.76. The Morgan fingerprint density at radius 1 is 1.19 bits per heavy atom. The van der Waals surface area contributed by atoms with Crippen LogP contribution in [0.5, 0.6) is 5.75 Å². The highest BCUT2D eigenvalue weighted by Gasteiger charge is 2.50. The molecule has 0 bridgehead atoms. The number of ether oxygens (including phenoxy) is 1. The molecule has 0 radical (unpaired) electrons. The Labute approximate surface area is 244 Å². The Balaban J connectivity index is 1.85. The minimum atomic E-state index is -4.72. The summed E-state index contributed by atoms with van der Waals surface area (Å²) in [4.78, 5) is 29.4. The summed E-state index contributed by atoms with van der Waals surface area (Å²) < 4.78 is 56.9. The van der Waals surface area contributed by atoms with Crippen LogP contribution in [0.3, 0.4) is 0 Å². The smallest absolute Gasteiger partial charge is 0.417 e. The van der Waals surface area contributed by atoms with E-state index >= 15 is 0 Å². The fourth-order valence-corrected chi connectivity index (χ4v) is 5.58. The lowest BCUT2D eigenvalue weighted by Crippen LogP contribution is -2.44. The van der Waals surface area contributed by atoms with E-state index in [1.165, 1.54) is 30.1 Å². The van der Waals surface area contributed by atoms with Crippen LogP contribution < -0.4 is 15.4 Å². The molecule has 0 spiro atoms. The monoisotopic (exact) mass is 605 g/mol. The van der Waals surface area contributed by atoms with E-state index in [2.05, 4.69) is 20.7 Å². The number of anilines is 3. The molecule has 0 unspecified atom stereocenters. The number of nitrogens with one attached hydrogen (secondary N) is 2. The van der Waals surface area contributed by atoms with Crippen molar-refractivity contribution >= 4 is 48.2 Å². The lowest BCUT2D eigenvalue weighted by Gasteiger charge is -2.40. The second kappa shape index (κ2) is 11.3. The van der Waals surface area contributed by atoms with Crippen LogP contribution in [-0.4, -0.2) is 48.1 Å². The van der Waals surface area contributed by atoms with Gasteiger partial charge in [-0.2, -0.15) is 18.3 Å². The number of Topliss-reactive ketones (excluding diaryl/α,β-unsaturated/α-hetero) is 1. The maximum Gasteiger partial charge on any atom is 0.417 e. The molecule has 1 aliphatic carbocycles. The number of alkyl halides is 3. The molecule has 2 aromatic heterocycles. The predicted molar refractivity (Wildman–Crippen MR) is 158 cm³/mol. The number of aromatic nitrogens is 3. The van der Waals surface area contributed by atoms with Crippen molar-refractivity contribution in [3.05, 3.63) is 35.5 Å². The van der Waals surface area contributed by atoms with Crippen molar-refractivity contribution in [2.24, 2.45) is 13.0 Å². The molecule has 2 heterocycles. The summed E-state index contributed by atoms with van der Waals surface area (Å²) in [5.41, 5.74) is 0.895. The zero-order valence-corrected chi connectivity index (χ0v) is 26.2. The van der Waals surface area contributed by atoms with E-state index < -0.39 is 25.6 Å². The third-order valence-corrected chi connectivity index (χ3v) is 12.4. The summed E-state index contributed by atoms with van der Waals surface area (Å²) in [6.45, 7) is 10.9. The summed E-state index contributed by atoms with van der Waals surface area (Å²) in [5.74, 6) is -0.0398. The Bertz CT molecular complexity index is 1510. The van der Waals surface area contributed by atoms with Gasteiger partial charge >= 0.3 is 6.18 Å². The van der Waals surface area contributed by atoms with Crippen molar-refractivity contribution in [3.63, 3.8) is 0 Å². The average molecular weight is 606 g/mol. The first-order chi connectivity index (χ1) is 19.5. The number of hydrogen-bond acceptors (Lipinski definition) is 7. The number of nitrogens with zero attached hydrogens (tertiary/aromatic N) is 3. The molecule has 9 nitrogen and oxygen atoms in total. The largest absolute Gasteiger partial charge is 0.496 e. The van der Waals surface area contributed by atoms with E-state index in [9.17, 15) is 22.8 Å². The third-order valence-electron chi connectivity index (χ3n) is 7.98. The molecule has 228 valence electrons. The van der Waals surface area contributed by atoms with Crippen LogP contribution >= 0.6 is 0 Å². The molecule has 1 atom stereocenters. The third kappa shape index (κ3) is 6.31. The fraction of sp³-hybridized carbons (Fsp3) is 0.517. The molecule has 42 heavy (non-hydrogen) atoms. The van der Waals surface area contributed by atoms with Gasteiger partial charge in [0.25, 0.3) is 0 Å². The maximum absolute atomic E-state index is 14.6. The van der Waals surface area contributed by atoms with Crippen molar-refractivity contribution < 1.29 is 31.9 Å². The molecule has 3 aromatic rings. The molecule has 1 aliphatic rings. The van der Waals surface area contributed by atoms with Crippen LogP contribution in [0, 0.1) is 5.92 Å². The SMILES string of the molecule is CCC(=O)c1cnc(NC(=O)C2CC2)cc1Nc1nn(C)c2ccc([C@H](O[Si](C)(C)C(C)(C)C)C(F)(F)F)c(OC)c12. The number of carbonyl (C=O) groups is 2. The zero-order chi connectivity index (χ0) is 31.2. The first kappa shape index (κ1) is 31.5. The van der Waals surface area contributed by atoms with Crippen molar-refractivity contribution in [2.45, 2.75) is 77.4 Å². The number of rotatable bonds is 10. The van der Waals surface area contributed by atoms with Crippen molar-refractivity contribution in [1.29, 1.82) is 0 Å². The van der Waals surface area contributed by atoms with Crippen LogP contribution in [0.25, 0.3) is 10.9 Å². The molecule has 13 heteroatoms. The van der Waals surface area contributed by atoms with Gasteiger partial charge in [0, 0.05) is 37.2 Å². The first-order valence-electron chi connectivity index (χ1n) is 13.9. The standard InChI is InChI=1S/C29H38F3N5O4Si/c1-9-21(38)18-15-33-22(35-27(39)16-10-11-16)14-19(18)34-26-23-20(37(5)36-26)13-12-17(24(23)40-6)25(29(30,31)32)41-42(7,8)28(2,3)4/h12-16,25H,9-11H2,1-8H3,(H2,33,34,35,36,39)/t25-/m0/s1. The fourth-order valence-electron chi connectivity index (χ4n) is 4.37. The first-order valence-corrected chi connectivity index (χ1v) is 16.8. The van der Waals surface area contributed by atoms with E-state index in [0.29, 0.717) is 16.6 Å². The maximum atomic E-state index is 14.6. The summed E-state index contributed by atoms with van der Waals surface area (Å²) >= 11 is 0. The highest BCUT2D eigenvalue weighted by molar-refractivity contribution is 6.74. The van der Waals surface area contributed by atoms with Gasteiger partial charge in [-0.1, -0.05) is 33.8 Å².